The summed E-state index contributed by atoms with van der Waals surface area (Å²) >= 11 is 4.01. The van der Waals surface area contributed by atoms with Crippen LogP contribution in [0.5, 0.6) is 5.75 Å². The fraction of sp³-hybridized carbons (Fsp3) is 0.139. The maximum absolute atomic E-state index is 14.0. The first-order chi connectivity index (χ1) is 22.9. The van der Waals surface area contributed by atoms with Crippen molar-refractivity contribution in [3.05, 3.63) is 141 Å². The van der Waals surface area contributed by atoms with Gasteiger partial charge in [0.1, 0.15) is 12.4 Å². The van der Waals surface area contributed by atoms with E-state index in [9.17, 15) is 14.7 Å². The Kier molecular flexibility index (Phi) is 8.59. The molecule has 11 heteroatoms. The van der Waals surface area contributed by atoms with Crippen LogP contribution in [0.25, 0.3) is 10.8 Å². The number of thioether (sulfide) groups is 1. The van der Waals surface area contributed by atoms with E-state index in [4.69, 9.17) is 4.74 Å². The van der Waals surface area contributed by atoms with Crippen LogP contribution >= 0.6 is 34.4 Å². The number of carbonyl (C=O) groups is 2. The smallest absolute Gasteiger partial charge is 0.296 e. The van der Waals surface area contributed by atoms with Crippen molar-refractivity contribution in [2.24, 2.45) is 0 Å². The lowest BCUT2D eigenvalue weighted by Crippen LogP contribution is -2.31. The quantitative estimate of drug-likeness (QED) is 0.0876. The van der Waals surface area contributed by atoms with Crippen molar-refractivity contribution in [2.45, 2.75) is 36.6 Å². The van der Waals surface area contributed by atoms with Crippen molar-refractivity contribution in [1.82, 2.24) is 15.2 Å². The van der Waals surface area contributed by atoms with Gasteiger partial charge < -0.3 is 9.84 Å². The van der Waals surface area contributed by atoms with Gasteiger partial charge in [-0.15, -0.1) is 21.5 Å². The molecule has 1 aliphatic heterocycles. The molecule has 234 valence electrons. The SMILES string of the molecule is Cc1nc(C)c(C(=O)C2=C(O)C(=O)N(c3nnc(SCc4cccc5ccccc45)s3)C2c2ccc(OCc3ccccc3)cc2)s1. The van der Waals surface area contributed by atoms with Crippen LogP contribution in [0.2, 0.25) is 0 Å². The second-order valence-corrected chi connectivity index (χ2v) is 14.3. The summed E-state index contributed by atoms with van der Waals surface area (Å²) < 4.78 is 6.64. The highest BCUT2D eigenvalue weighted by Gasteiger charge is 2.46. The number of fused-ring (bicyclic) bond motifs is 1. The zero-order chi connectivity index (χ0) is 32.5. The highest BCUT2D eigenvalue weighted by Crippen LogP contribution is 2.45. The van der Waals surface area contributed by atoms with Crippen molar-refractivity contribution < 1.29 is 19.4 Å². The lowest BCUT2D eigenvalue weighted by atomic mass is 9.95. The number of aliphatic hydroxyl groups is 1. The number of anilines is 1. The van der Waals surface area contributed by atoms with E-state index >= 15 is 0 Å². The Balaban J connectivity index is 1.19. The molecular formula is C36H28N4O4S3. The number of rotatable bonds is 10. The predicted octanol–water partition coefficient (Wildman–Crippen LogP) is 8.42. The van der Waals surface area contributed by atoms with Gasteiger partial charge in [-0.25, -0.2) is 4.98 Å². The molecule has 0 fully saturated rings. The van der Waals surface area contributed by atoms with Crippen molar-refractivity contribution in [3.63, 3.8) is 0 Å². The summed E-state index contributed by atoms with van der Waals surface area (Å²) in [7, 11) is 0. The number of amides is 1. The fourth-order valence-corrected chi connectivity index (χ4v) is 8.36. The molecule has 7 rings (SSSR count). The lowest BCUT2D eigenvalue weighted by molar-refractivity contribution is -0.117. The van der Waals surface area contributed by atoms with Gasteiger partial charge >= 0.3 is 0 Å². The molecule has 2 aromatic heterocycles. The standard InChI is InChI=1S/C36H28N4O4S3/c1-21-33(46-22(2)37-21)31(41)29-30(25-15-17-27(18-16-25)44-19-23-9-4-3-5-10-23)40(34(43)32(29)42)35-38-39-36(47-35)45-20-26-13-8-12-24-11-6-7-14-28(24)26/h3-18,30,42H,19-20H2,1-2H3. The van der Waals surface area contributed by atoms with E-state index in [1.807, 2.05) is 55.5 Å². The highest BCUT2D eigenvalue weighted by atomic mass is 32.2. The number of hydrogen-bond donors (Lipinski definition) is 1. The van der Waals surface area contributed by atoms with Gasteiger partial charge in [0.15, 0.2) is 10.1 Å². The van der Waals surface area contributed by atoms with Gasteiger partial charge in [-0.1, -0.05) is 108 Å². The Morgan fingerprint density at radius 3 is 2.43 bits per heavy atom. The summed E-state index contributed by atoms with van der Waals surface area (Å²) in [5.74, 6) is -0.453. The molecule has 3 heterocycles. The molecule has 1 unspecified atom stereocenters. The molecule has 0 radical (unpaired) electrons. The number of aryl methyl sites for hydroxylation is 2. The highest BCUT2D eigenvalue weighted by molar-refractivity contribution is 8.00. The zero-order valence-corrected chi connectivity index (χ0v) is 27.9. The molecular weight excluding hydrogens is 649 g/mol. The normalized spacial score (nSPS) is 14.7. The number of ether oxygens (including phenoxy) is 1. The number of thiazole rings is 1. The van der Waals surface area contributed by atoms with Crippen LogP contribution in [0, 0.1) is 13.8 Å². The van der Waals surface area contributed by atoms with Gasteiger partial charge in [0.2, 0.25) is 10.9 Å². The number of benzene rings is 4. The Labute approximate surface area is 283 Å². The van der Waals surface area contributed by atoms with Gasteiger partial charge in [0.25, 0.3) is 5.91 Å². The van der Waals surface area contributed by atoms with E-state index in [-0.39, 0.29) is 10.7 Å². The van der Waals surface area contributed by atoms with E-state index in [0.29, 0.717) is 38.6 Å². The molecule has 0 saturated heterocycles. The third kappa shape index (κ3) is 6.17. The second kappa shape index (κ2) is 13.1. The number of carbonyl (C=O) groups excluding carboxylic acids is 2. The van der Waals surface area contributed by atoms with Crippen molar-refractivity contribution in [1.29, 1.82) is 0 Å². The zero-order valence-electron chi connectivity index (χ0n) is 25.4. The minimum absolute atomic E-state index is 0.0140. The summed E-state index contributed by atoms with van der Waals surface area (Å²) in [6.45, 7) is 3.97. The maximum Gasteiger partial charge on any atom is 0.296 e. The molecule has 1 N–H and O–H groups in total. The summed E-state index contributed by atoms with van der Waals surface area (Å²) in [6.07, 6.45) is 0. The molecule has 1 amide bonds. The molecule has 4 aromatic carbocycles. The monoisotopic (exact) mass is 676 g/mol. The van der Waals surface area contributed by atoms with Crippen LogP contribution in [-0.2, 0) is 17.2 Å². The molecule has 0 bridgehead atoms. The van der Waals surface area contributed by atoms with Gasteiger partial charge in [-0.2, -0.15) is 0 Å². The average Bonchev–Trinajstić information content (AvgIpc) is 3.78. The van der Waals surface area contributed by atoms with E-state index in [1.54, 1.807) is 31.2 Å². The van der Waals surface area contributed by atoms with Gasteiger partial charge in [0.05, 0.1) is 27.2 Å². The summed E-state index contributed by atoms with van der Waals surface area (Å²) in [6, 6.07) is 30.6. The van der Waals surface area contributed by atoms with Crippen molar-refractivity contribution in [3.8, 4) is 5.75 Å². The number of nitrogens with zero attached hydrogens (tertiary/aromatic N) is 4. The minimum Gasteiger partial charge on any atom is -0.503 e. The van der Waals surface area contributed by atoms with Crippen LogP contribution < -0.4 is 9.64 Å². The van der Waals surface area contributed by atoms with Gasteiger partial charge in [-0.3, -0.25) is 14.5 Å². The third-order valence-corrected chi connectivity index (χ3v) is 11.0. The number of aliphatic hydroxyl groups excluding tert-OH is 1. The topological polar surface area (TPSA) is 106 Å². The van der Waals surface area contributed by atoms with Crippen molar-refractivity contribution >= 4 is 62.0 Å². The molecule has 1 aliphatic rings. The lowest BCUT2D eigenvalue weighted by Gasteiger charge is -2.24. The number of ketones is 1. The molecule has 0 spiro atoms. The molecule has 6 aromatic rings. The van der Waals surface area contributed by atoms with Crippen molar-refractivity contribution in [2.75, 3.05) is 4.90 Å². The van der Waals surface area contributed by atoms with E-state index in [0.717, 1.165) is 21.5 Å². The predicted molar refractivity (Wildman–Crippen MR) is 186 cm³/mol. The first kappa shape index (κ1) is 30.8. The van der Waals surface area contributed by atoms with E-state index in [2.05, 4.69) is 39.4 Å². The minimum atomic E-state index is -0.927. The van der Waals surface area contributed by atoms with Crippen LogP contribution in [0.3, 0.4) is 0 Å². The van der Waals surface area contributed by atoms with Crippen LogP contribution in [-0.4, -0.2) is 32.0 Å². The van der Waals surface area contributed by atoms with E-state index in [1.165, 1.54) is 44.7 Å². The summed E-state index contributed by atoms with van der Waals surface area (Å²) in [4.78, 5) is 33.9. The Bertz CT molecular complexity index is 2140. The molecule has 47 heavy (non-hydrogen) atoms. The first-order valence-electron chi connectivity index (χ1n) is 14.8. The first-order valence-corrected chi connectivity index (χ1v) is 17.4. The maximum atomic E-state index is 14.0. The molecule has 0 saturated carbocycles. The summed E-state index contributed by atoms with van der Waals surface area (Å²) in [5.41, 5.74) is 3.36. The molecule has 8 nitrogen and oxygen atoms in total. The summed E-state index contributed by atoms with van der Waals surface area (Å²) in [5, 5.41) is 23.3. The molecule has 0 aliphatic carbocycles. The molecule has 1 atom stereocenters. The third-order valence-electron chi connectivity index (χ3n) is 7.84. The van der Waals surface area contributed by atoms with Crippen LogP contribution in [0.15, 0.2) is 113 Å². The van der Waals surface area contributed by atoms with Crippen LogP contribution in [0.1, 0.15) is 43.1 Å². The average molecular weight is 677 g/mol. The van der Waals surface area contributed by atoms with E-state index < -0.39 is 23.5 Å². The fourth-order valence-electron chi connectivity index (χ4n) is 5.62. The Hall–Kier alpha value is -4.84. The number of aromatic nitrogens is 3. The number of hydrogen-bond acceptors (Lipinski definition) is 10. The largest absolute Gasteiger partial charge is 0.503 e. The second-order valence-electron chi connectivity index (χ2n) is 10.9. The van der Waals surface area contributed by atoms with Crippen LogP contribution in [0.4, 0.5) is 5.13 Å². The Morgan fingerprint density at radius 2 is 1.66 bits per heavy atom. The van der Waals surface area contributed by atoms with Gasteiger partial charge in [-0.05, 0) is 53.4 Å². The van der Waals surface area contributed by atoms with Gasteiger partial charge in [0, 0.05) is 5.75 Å². The number of Topliss-reactive ketones (excluding diaryl/α,β-unsaturated/α-hetero) is 1. The Morgan fingerprint density at radius 1 is 0.915 bits per heavy atom.